The molecule has 2 saturated heterocycles. The summed E-state index contributed by atoms with van der Waals surface area (Å²) in [5.74, 6) is 1.50. The van der Waals surface area contributed by atoms with E-state index in [-0.39, 0.29) is 11.8 Å². The molecular formula is C24H31N3O3. The standard InChI is InChI=1S/C24H31N3O3/c1-17-22(30-18(2)25-17)24(29)26-14-11-20(12-15-26)21-10-6-7-13-27(23(21)28)16-19-8-4-3-5-9-19/h3-5,8-9,20-21H,6-7,10-16H2,1-2H3/t21-/m0/s1. The lowest BCUT2D eigenvalue weighted by molar-refractivity contribution is -0.137. The molecule has 6 heteroatoms. The smallest absolute Gasteiger partial charge is 0.291 e. The predicted octanol–water partition coefficient (Wildman–Crippen LogP) is 3.97. The third-order valence-electron chi connectivity index (χ3n) is 6.53. The molecule has 0 radical (unpaired) electrons. The van der Waals surface area contributed by atoms with E-state index in [1.165, 1.54) is 5.56 Å². The number of aromatic nitrogens is 1. The number of amides is 2. The van der Waals surface area contributed by atoms with Gasteiger partial charge in [-0.2, -0.15) is 0 Å². The molecule has 2 aliphatic heterocycles. The topological polar surface area (TPSA) is 66.7 Å². The van der Waals surface area contributed by atoms with Crippen LogP contribution in [-0.4, -0.2) is 46.2 Å². The molecule has 0 bridgehead atoms. The number of hydrogen-bond donors (Lipinski definition) is 0. The van der Waals surface area contributed by atoms with Gasteiger partial charge in [-0.3, -0.25) is 9.59 Å². The SMILES string of the molecule is Cc1nc(C)c(C(=O)N2CCC([C@@H]3CCCCN(Cc4ccccc4)C3=O)CC2)o1. The van der Waals surface area contributed by atoms with E-state index in [9.17, 15) is 9.59 Å². The van der Waals surface area contributed by atoms with Gasteiger partial charge in [-0.05, 0) is 44.1 Å². The van der Waals surface area contributed by atoms with E-state index in [1.54, 1.807) is 6.92 Å². The number of nitrogens with zero attached hydrogens (tertiary/aromatic N) is 3. The lowest BCUT2D eigenvalue weighted by Crippen LogP contribution is -2.44. The third-order valence-corrected chi connectivity index (χ3v) is 6.53. The summed E-state index contributed by atoms with van der Waals surface area (Å²) < 4.78 is 5.51. The Morgan fingerprint density at radius 2 is 1.80 bits per heavy atom. The zero-order valence-corrected chi connectivity index (χ0v) is 18.0. The van der Waals surface area contributed by atoms with Crippen LogP contribution in [-0.2, 0) is 11.3 Å². The summed E-state index contributed by atoms with van der Waals surface area (Å²) in [5.41, 5.74) is 1.83. The van der Waals surface area contributed by atoms with Crippen LogP contribution in [0.2, 0.25) is 0 Å². The first-order chi connectivity index (χ1) is 14.5. The van der Waals surface area contributed by atoms with Crippen LogP contribution in [0.4, 0.5) is 0 Å². The molecule has 0 spiro atoms. The minimum Gasteiger partial charge on any atom is -0.436 e. The minimum absolute atomic E-state index is 0.0720. The highest BCUT2D eigenvalue weighted by Gasteiger charge is 2.36. The van der Waals surface area contributed by atoms with E-state index in [1.807, 2.05) is 34.9 Å². The molecule has 160 valence electrons. The number of oxazole rings is 1. The van der Waals surface area contributed by atoms with E-state index in [4.69, 9.17) is 4.42 Å². The van der Waals surface area contributed by atoms with Gasteiger partial charge in [0.2, 0.25) is 11.7 Å². The molecule has 6 nitrogen and oxygen atoms in total. The average molecular weight is 410 g/mol. The van der Waals surface area contributed by atoms with Crippen molar-refractivity contribution >= 4 is 11.8 Å². The molecule has 2 amide bonds. The van der Waals surface area contributed by atoms with Crippen LogP contribution in [0.15, 0.2) is 34.7 Å². The normalized spacial score (nSPS) is 21.0. The van der Waals surface area contributed by atoms with Crippen LogP contribution < -0.4 is 0 Å². The lowest BCUT2D eigenvalue weighted by atomic mass is 9.81. The highest BCUT2D eigenvalue weighted by Crippen LogP contribution is 2.33. The summed E-state index contributed by atoms with van der Waals surface area (Å²) in [7, 11) is 0. The molecule has 1 aromatic carbocycles. The Bertz CT molecular complexity index is 884. The van der Waals surface area contributed by atoms with Gasteiger partial charge in [0.15, 0.2) is 5.89 Å². The molecule has 0 unspecified atom stereocenters. The van der Waals surface area contributed by atoms with E-state index in [0.29, 0.717) is 48.8 Å². The number of aryl methyl sites for hydroxylation is 2. The Balaban J connectivity index is 1.38. The number of piperidine rings is 1. The van der Waals surface area contributed by atoms with Crippen molar-refractivity contribution in [3.05, 3.63) is 53.2 Å². The van der Waals surface area contributed by atoms with E-state index in [2.05, 4.69) is 17.1 Å². The van der Waals surface area contributed by atoms with Gasteiger partial charge in [0.25, 0.3) is 5.91 Å². The van der Waals surface area contributed by atoms with Crippen molar-refractivity contribution in [1.82, 2.24) is 14.8 Å². The predicted molar refractivity (Wildman–Crippen MR) is 114 cm³/mol. The Hall–Kier alpha value is -2.63. The van der Waals surface area contributed by atoms with Crippen LogP contribution in [0, 0.1) is 25.7 Å². The molecule has 1 atom stereocenters. The maximum absolute atomic E-state index is 13.4. The second-order valence-corrected chi connectivity index (χ2v) is 8.62. The van der Waals surface area contributed by atoms with Gasteiger partial charge in [-0.25, -0.2) is 4.98 Å². The Morgan fingerprint density at radius 1 is 1.07 bits per heavy atom. The average Bonchev–Trinajstić information content (AvgIpc) is 3.00. The van der Waals surface area contributed by atoms with Gasteiger partial charge >= 0.3 is 0 Å². The molecule has 2 fully saturated rings. The maximum Gasteiger partial charge on any atom is 0.291 e. The first kappa shape index (κ1) is 20.6. The number of hydrogen-bond acceptors (Lipinski definition) is 4. The number of rotatable bonds is 4. The molecule has 4 rings (SSSR count). The number of likely N-dealkylation sites (tertiary alicyclic amines) is 2. The summed E-state index contributed by atoms with van der Waals surface area (Å²) >= 11 is 0. The summed E-state index contributed by atoms with van der Waals surface area (Å²) in [6.45, 7) is 6.44. The van der Waals surface area contributed by atoms with Crippen LogP contribution in [0.1, 0.15) is 59.8 Å². The van der Waals surface area contributed by atoms with Crippen molar-refractivity contribution in [3.8, 4) is 0 Å². The van der Waals surface area contributed by atoms with Gasteiger partial charge < -0.3 is 14.2 Å². The van der Waals surface area contributed by atoms with Crippen LogP contribution in [0.3, 0.4) is 0 Å². The second-order valence-electron chi connectivity index (χ2n) is 8.62. The van der Waals surface area contributed by atoms with Crippen molar-refractivity contribution < 1.29 is 14.0 Å². The van der Waals surface area contributed by atoms with Gasteiger partial charge in [-0.15, -0.1) is 0 Å². The van der Waals surface area contributed by atoms with Gasteiger partial charge in [-0.1, -0.05) is 36.8 Å². The van der Waals surface area contributed by atoms with Crippen LogP contribution >= 0.6 is 0 Å². The molecule has 0 aliphatic carbocycles. The number of carbonyl (C=O) groups excluding carboxylic acids is 2. The fourth-order valence-corrected chi connectivity index (χ4v) is 4.91. The number of benzene rings is 1. The van der Waals surface area contributed by atoms with Crippen molar-refractivity contribution in [3.63, 3.8) is 0 Å². The maximum atomic E-state index is 13.4. The molecule has 2 aromatic rings. The summed E-state index contributed by atoms with van der Waals surface area (Å²) in [6, 6.07) is 10.2. The molecule has 1 aromatic heterocycles. The van der Waals surface area contributed by atoms with Gasteiger partial charge in [0.1, 0.15) is 0 Å². The van der Waals surface area contributed by atoms with Crippen molar-refractivity contribution in [1.29, 1.82) is 0 Å². The lowest BCUT2D eigenvalue weighted by Gasteiger charge is -2.36. The molecular weight excluding hydrogens is 378 g/mol. The molecule has 0 N–H and O–H groups in total. The quantitative estimate of drug-likeness (QED) is 0.766. The summed E-state index contributed by atoms with van der Waals surface area (Å²) in [6.07, 6.45) is 4.86. The highest BCUT2D eigenvalue weighted by atomic mass is 16.4. The number of carbonyl (C=O) groups is 2. The molecule has 3 heterocycles. The Morgan fingerprint density at radius 3 is 2.47 bits per heavy atom. The fraction of sp³-hybridized carbons (Fsp3) is 0.542. The second kappa shape index (κ2) is 9.02. The Labute approximate surface area is 178 Å². The van der Waals surface area contributed by atoms with Crippen LogP contribution in [0.5, 0.6) is 0 Å². The van der Waals surface area contributed by atoms with E-state index < -0.39 is 0 Å². The molecule has 30 heavy (non-hydrogen) atoms. The van der Waals surface area contributed by atoms with Crippen molar-refractivity contribution in [2.24, 2.45) is 11.8 Å². The fourth-order valence-electron chi connectivity index (χ4n) is 4.91. The third kappa shape index (κ3) is 4.42. The van der Waals surface area contributed by atoms with Gasteiger partial charge in [0.05, 0.1) is 5.69 Å². The Kier molecular flexibility index (Phi) is 6.21. The van der Waals surface area contributed by atoms with Crippen LogP contribution in [0.25, 0.3) is 0 Å². The first-order valence-corrected chi connectivity index (χ1v) is 11.1. The molecule has 0 saturated carbocycles. The van der Waals surface area contributed by atoms with Crippen molar-refractivity contribution in [2.45, 2.75) is 52.5 Å². The summed E-state index contributed by atoms with van der Waals surface area (Å²) in [5, 5.41) is 0. The van der Waals surface area contributed by atoms with E-state index >= 15 is 0 Å². The zero-order valence-electron chi connectivity index (χ0n) is 18.0. The van der Waals surface area contributed by atoms with E-state index in [0.717, 1.165) is 38.6 Å². The molecule has 2 aliphatic rings. The highest BCUT2D eigenvalue weighted by molar-refractivity contribution is 5.92. The first-order valence-electron chi connectivity index (χ1n) is 11.1. The monoisotopic (exact) mass is 409 g/mol. The van der Waals surface area contributed by atoms with Gasteiger partial charge in [0, 0.05) is 39.0 Å². The largest absolute Gasteiger partial charge is 0.436 e. The summed E-state index contributed by atoms with van der Waals surface area (Å²) in [4.78, 5) is 34.3. The minimum atomic E-state index is -0.0792. The zero-order chi connectivity index (χ0) is 21.1. The van der Waals surface area contributed by atoms with Crippen molar-refractivity contribution in [2.75, 3.05) is 19.6 Å².